The molecule has 1 fully saturated rings. The minimum atomic E-state index is -4.17. The summed E-state index contributed by atoms with van der Waals surface area (Å²) in [5.41, 5.74) is 0. The summed E-state index contributed by atoms with van der Waals surface area (Å²) < 4.78 is 35.0. The predicted molar refractivity (Wildman–Crippen MR) is 118 cm³/mol. The molecule has 3 rings (SSSR count). The number of carbonyl (C=O) groups excluding carboxylic acids is 3. The van der Waals surface area contributed by atoms with Gasteiger partial charge in [-0.25, -0.2) is 4.57 Å². The number of terminal acetylenes is 1. The zero-order chi connectivity index (χ0) is 24.7. The molecule has 1 aromatic rings. The number of amides is 1. The molecule has 1 saturated heterocycles. The molecule has 0 bridgehead atoms. The van der Waals surface area contributed by atoms with Gasteiger partial charge in [-0.05, 0) is 25.1 Å². The molecular weight excluding hydrogens is 467 g/mol. The van der Waals surface area contributed by atoms with Gasteiger partial charge in [-0.15, -0.1) is 6.42 Å². The zero-order valence-corrected chi connectivity index (χ0v) is 19.3. The second-order valence-electron chi connectivity index (χ2n) is 7.55. The summed E-state index contributed by atoms with van der Waals surface area (Å²) in [6.07, 6.45) is 4.60. The maximum absolute atomic E-state index is 13.5. The topological polar surface area (TPSA) is 141 Å². The van der Waals surface area contributed by atoms with Gasteiger partial charge < -0.3 is 19.1 Å². The highest BCUT2D eigenvalue weighted by molar-refractivity contribution is 7.52. The first-order valence-electron chi connectivity index (χ1n) is 10.4. The van der Waals surface area contributed by atoms with Gasteiger partial charge in [0.2, 0.25) is 5.91 Å². The van der Waals surface area contributed by atoms with Crippen LogP contribution in [0.4, 0.5) is 0 Å². The van der Waals surface area contributed by atoms with Crippen LogP contribution in [0.5, 0.6) is 5.75 Å². The summed E-state index contributed by atoms with van der Waals surface area (Å²) in [5, 5.41) is 12.9. The van der Waals surface area contributed by atoms with Crippen LogP contribution in [0.15, 0.2) is 42.6 Å². The quantitative estimate of drug-likeness (QED) is 0.211. The fourth-order valence-corrected chi connectivity index (χ4v) is 4.75. The highest BCUT2D eigenvalue weighted by Gasteiger charge is 2.41. The van der Waals surface area contributed by atoms with Crippen LogP contribution in [0.1, 0.15) is 19.8 Å². The van der Waals surface area contributed by atoms with E-state index in [1.807, 2.05) is 0 Å². The minimum absolute atomic E-state index is 0.0599. The molecule has 1 aromatic carbocycles. The van der Waals surface area contributed by atoms with Crippen molar-refractivity contribution in [2.75, 3.05) is 13.2 Å². The Morgan fingerprint density at radius 2 is 2.12 bits per heavy atom. The summed E-state index contributed by atoms with van der Waals surface area (Å²) in [6, 6.07) is 7.05. The van der Waals surface area contributed by atoms with Crippen LogP contribution < -0.4 is 9.61 Å². The van der Waals surface area contributed by atoms with Crippen LogP contribution in [0.3, 0.4) is 0 Å². The number of aliphatic hydroxyl groups is 1. The number of aliphatic hydroxyl groups excluding tert-OH is 1. The molecule has 1 amide bonds. The first-order chi connectivity index (χ1) is 16.2. The molecule has 12 heteroatoms. The largest absolute Gasteiger partial charge is 0.459 e. The van der Waals surface area contributed by atoms with E-state index in [-0.39, 0.29) is 37.6 Å². The number of ether oxygens (including phenoxy) is 2. The summed E-state index contributed by atoms with van der Waals surface area (Å²) in [6.45, 7) is 0.760. The summed E-state index contributed by atoms with van der Waals surface area (Å²) >= 11 is 0. The van der Waals surface area contributed by atoms with Gasteiger partial charge >= 0.3 is 13.7 Å². The number of hydrogen-bond donors (Lipinski definition) is 2. The number of allylic oxidation sites excluding steroid dienone is 1. The van der Waals surface area contributed by atoms with E-state index >= 15 is 0 Å². The molecule has 2 aliphatic heterocycles. The second-order valence-corrected chi connectivity index (χ2v) is 9.25. The Balaban J connectivity index is 1.67. The van der Waals surface area contributed by atoms with Crippen LogP contribution in [-0.4, -0.2) is 65.4 Å². The van der Waals surface area contributed by atoms with Gasteiger partial charge in [0.15, 0.2) is 12.4 Å². The average molecular weight is 492 g/mol. The Bertz CT molecular complexity index is 1020. The Labute approximate surface area is 196 Å². The maximum Gasteiger partial charge on any atom is 0.459 e. The molecule has 0 spiro atoms. The first kappa shape index (κ1) is 25.6. The normalized spacial score (nSPS) is 24.9. The monoisotopic (exact) mass is 492 g/mol. The first-order valence-corrected chi connectivity index (χ1v) is 12.0. The van der Waals surface area contributed by atoms with Gasteiger partial charge in [-0.2, -0.15) is 5.09 Å². The maximum atomic E-state index is 13.5. The number of nitrogens with zero attached hydrogens (tertiary/aromatic N) is 1. The smallest absolute Gasteiger partial charge is 0.451 e. The lowest BCUT2D eigenvalue weighted by molar-refractivity contribution is -0.144. The van der Waals surface area contributed by atoms with E-state index < -0.39 is 44.1 Å². The number of nitrogens with one attached hydrogen (secondary N) is 1. The molecule has 34 heavy (non-hydrogen) atoms. The number of rotatable bonds is 10. The van der Waals surface area contributed by atoms with Crippen molar-refractivity contribution in [3.8, 4) is 18.1 Å². The van der Waals surface area contributed by atoms with Crippen molar-refractivity contribution in [3.63, 3.8) is 0 Å². The van der Waals surface area contributed by atoms with E-state index in [1.54, 1.807) is 30.3 Å². The summed E-state index contributed by atoms with van der Waals surface area (Å²) in [4.78, 5) is 36.8. The van der Waals surface area contributed by atoms with Crippen molar-refractivity contribution in [2.45, 2.75) is 44.2 Å². The van der Waals surface area contributed by atoms with E-state index in [4.69, 9.17) is 24.9 Å². The van der Waals surface area contributed by atoms with Crippen molar-refractivity contribution in [3.05, 3.63) is 42.6 Å². The summed E-state index contributed by atoms with van der Waals surface area (Å²) in [7, 11) is -4.17. The van der Waals surface area contributed by atoms with Crippen LogP contribution in [-0.2, 0) is 32.9 Å². The van der Waals surface area contributed by atoms with E-state index in [0.717, 1.165) is 0 Å². The lowest BCUT2D eigenvalue weighted by Gasteiger charge is -2.27. The third-order valence-corrected chi connectivity index (χ3v) is 6.57. The summed E-state index contributed by atoms with van der Waals surface area (Å²) in [5.74, 6) is 0.835. The molecule has 5 atom stereocenters. The van der Waals surface area contributed by atoms with E-state index in [1.165, 1.54) is 24.1 Å². The lowest BCUT2D eigenvalue weighted by Crippen LogP contribution is -2.39. The van der Waals surface area contributed by atoms with Crippen molar-refractivity contribution < 1.29 is 42.6 Å². The molecular formula is C22H25N2O9P. The van der Waals surface area contributed by atoms with Crippen LogP contribution in [0, 0.1) is 12.3 Å². The van der Waals surface area contributed by atoms with Crippen LogP contribution in [0.25, 0.3) is 0 Å². The number of benzene rings is 1. The van der Waals surface area contributed by atoms with Crippen LogP contribution >= 0.6 is 7.75 Å². The molecule has 0 radical (unpaired) electrons. The molecule has 0 unspecified atom stereocenters. The molecule has 2 aliphatic rings. The molecule has 11 nitrogen and oxygen atoms in total. The van der Waals surface area contributed by atoms with Crippen LogP contribution in [0.2, 0.25) is 0 Å². The number of ketones is 1. The van der Waals surface area contributed by atoms with E-state index in [9.17, 15) is 24.1 Å². The van der Waals surface area contributed by atoms with Crippen molar-refractivity contribution in [1.82, 2.24) is 9.99 Å². The van der Waals surface area contributed by atoms with E-state index in [2.05, 4.69) is 11.0 Å². The van der Waals surface area contributed by atoms with Crippen molar-refractivity contribution >= 4 is 25.4 Å². The highest BCUT2D eigenvalue weighted by Crippen LogP contribution is 2.45. The highest BCUT2D eigenvalue weighted by atomic mass is 31.2. The Morgan fingerprint density at radius 1 is 1.38 bits per heavy atom. The van der Waals surface area contributed by atoms with E-state index in [0.29, 0.717) is 0 Å². The second kappa shape index (κ2) is 11.4. The Hall–Kier alpha value is -3.00. The molecule has 2 N–H and O–H groups in total. The van der Waals surface area contributed by atoms with Gasteiger partial charge in [0, 0.05) is 12.6 Å². The third kappa shape index (κ3) is 6.76. The Morgan fingerprint density at radius 3 is 2.79 bits per heavy atom. The molecule has 0 aromatic heterocycles. The lowest BCUT2D eigenvalue weighted by atomic mass is 10.1. The number of hydrogen-bond acceptors (Lipinski definition) is 9. The molecule has 2 heterocycles. The van der Waals surface area contributed by atoms with Crippen molar-refractivity contribution in [1.29, 1.82) is 0 Å². The fraction of sp³-hybridized carbons (Fsp3) is 0.409. The molecule has 0 aliphatic carbocycles. The third-order valence-electron chi connectivity index (χ3n) is 4.93. The minimum Gasteiger partial charge on any atom is -0.451 e. The fourth-order valence-electron chi connectivity index (χ4n) is 3.25. The number of esters is 1. The number of para-hydroxylation sites is 1. The van der Waals surface area contributed by atoms with Gasteiger partial charge in [-0.3, -0.25) is 23.8 Å². The zero-order valence-electron chi connectivity index (χ0n) is 18.4. The van der Waals surface area contributed by atoms with Gasteiger partial charge in [0.1, 0.15) is 24.1 Å². The predicted octanol–water partition coefficient (Wildman–Crippen LogP) is 1.14. The van der Waals surface area contributed by atoms with Crippen molar-refractivity contribution in [2.24, 2.45) is 0 Å². The SMILES string of the molecule is C#CCOC(=O)[C@H](C)N[P@](=O)(OC[C@H]1O[C@@H](N2C=CC(=O)CC2=O)C[C@@H]1O)Oc1ccccc1. The average Bonchev–Trinajstić information content (AvgIpc) is 3.16. The number of carbonyl (C=O) groups is 3. The van der Waals surface area contributed by atoms with Gasteiger partial charge in [0.05, 0.1) is 19.1 Å². The Kier molecular flexibility index (Phi) is 8.61. The molecule has 182 valence electrons. The standard InChI is InChI=1S/C22H25N2O9P/c1-3-11-30-22(28)15(2)23-34(29,33-17-7-5-4-6-8-17)31-14-19-18(26)13-21(32-19)24-10-9-16(25)12-20(24)27/h1,4-10,15,18-19,21,26H,11-14H2,2H3,(H,23,29)/t15-,18-,19+,21+,34-/m0/s1. The molecule has 0 saturated carbocycles. The van der Waals surface area contributed by atoms with Gasteiger partial charge in [-0.1, -0.05) is 24.1 Å². The van der Waals surface area contributed by atoms with Gasteiger partial charge in [0.25, 0.3) is 0 Å².